The average Bonchev–Trinajstić information content (AvgIpc) is 3.08. The predicted molar refractivity (Wildman–Crippen MR) is 85.3 cm³/mol. The van der Waals surface area contributed by atoms with Gasteiger partial charge in [-0.3, -0.25) is 5.10 Å². The molecule has 4 aromatic rings. The fraction of sp³-hybridized carbons (Fsp3) is 0.118. The van der Waals surface area contributed by atoms with Gasteiger partial charge in [0.05, 0.1) is 28.2 Å². The van der Waals surface area contributed by atoms with E-state index in [2.05, 4.69) is 39.9 Å². The van der Waals surface area contributed by atoms with Gasteiger partial charge >= 0.3 is 0 Å². The van der Waals surface area contributed by atoms with Crippen LogP contribution in [0.4, 0.5) is 0 Å². The highest BCUT2D eigenvalue weighted by Gasteiger charge is 2.15. The third-order valence-electron chi connectivity index (χ3n) is 3.94. The van der Waals surface area contributed by atoms with Crippen LogP contribution >= 0.6 is 0 Å². The third kappa shape index (κ3) is 1.71. The zero-order chi connectivity index (χ0) is 15.3. The van der Waals surface area contributed by atoms with Gasteiger partial charge in [0.15, 0.2) is 5.82 Å². The zero-order valence-electron chi connectivity index (χ0n) is 12.3. The molecule has 1 N–H and O–H groups in total. The summed E-state index contributed by atoms with van der Waals surface area (Å²) in [6.07, 6.45) is 0. The second kappa shape index (κ2) is 4.43. The molecule has 106 valence electrons. The number of benzene rings is 2. The fourth-order valence-corrected chi connectivity index (χ4v) is 2.77. The molecule has 5 heteroatoms. The van der Waals surface area contributed by atoms with Crippen molar-refractivity contribution in [2.75, 3.05) is 0 Å². The smallest absolute Gasteiger partial charge is 0.162 e. The Balaban J connectivity index is 1.99. The number of aromatic nitrogens is 4. The van der Waals surface area contributed by atoms with E-state index < -0.39 is 0 Å². The second-order valence-electron chi connectivity index (χ2n) is 5.43. The maximum atomic E-state index is 8.99. The highest BCUT2D eigenvalue weighted by molar-refractivity contribution is 5.94. The number of hydrogen-bond acceptors (Lipinski definition) is 3. The first kappa shape index (κ1) is 12.6. The van der Waals surface area contributed by atoms with Gasteiger partial charge in [-0.15, -0.1) is 0 Å². The van der Waals surface area contributed by atoms with E-state index in [-0.39, 0.29) is 0 Å². The quantitative estimate of drug-likeness (QED) is 0.584. The standard InChI is InChI=1S/C17H13N5/c1-10-3-6-13-15(7-10)22(2)17(19-13)16-12-5-4-11(9-18)8-14(12)20-21-16/h3-8H,1-2H3,(H,20,21). The summed E-state index contributed by atoms with van der Waals surface area (Å²) in [5.74, 6) is 0.816. The van der Waals surface area contributed by atoms with Crippen molar-refractivity contribution in [1.82, 2.24) is 19.7 Å². The van der Waals surface area contributed by atoms with Crippen LogP contribution in [0.1, 0.15) is 11.1 Å². The SMILES string of the molecule is Cc1ccc2nc(-c3n[nH]c4cc(C#N)ccc34)n(C)c2c1. The summed E-state index contributed by atoms with van der Waals surface area (Å²) in [6, 6.07) is 13.9. The van der Waals surface area contributed by atoms with Crippen molar-refractivity contribution in [3.63, 3.8) is 0 Å². The van der Waals surface area contributed by atoms with E-state index in [0.717, 1.165) is 33.5 Å². The van der Waals surface area contributed by atoms with Crippen LogP contribution in [0.3, 0.4) is 0 Å². The number of nitriles is 1. The molecule has 0 bridgehead atoms. The maximum Gasteiger partial charge on any atom is 0.162 e. The second-order valence-corrected chi connectivity index (χ2v) is 5.43. The Morgan fingerprint density at radius 2 is 2.05 bits per heavy atom. The normalized spacial score (nSPS) is 11.1. The van der Waals surface area contributed by atoms with E-state index in [4.69, 9.17) is 10.2 Å². The Morgan fingerprint density at radius 3 is 2.86 bits per heavy atom. The molecule has 2 aromatic heterocycles. The first-order valence-electron chi connectivity index (χ1n) is 6.99. The Hall–Kier alpha value is -3.13. The first-order chi connectivity index (χ1) is 10.7. The van der Waals surface area contributed by atoms with E-state index in [1.54, 1.807) is 12.1 Å². The Bertz CT molecular complexity index is 1060. The third-order valence-corrected chi connectivity index (χ3v) is 3.94. The summed E-state index contributed by atoms with van der Waals surface area (Å²) in [7, 11) is 1.99. The van der Waals surface area contributed by atoms with E-state index in [9.17, 15) is 0 Å². The summed E-state index contributed by atoms with van der Waals surface area (Å²) < 4.78 is 2.05. The lowest BCUT2D eigenvalue weighted by molar-refractivity contribution is 0.945. The van der Waals surface area contributed by atoms with Gasteiger partial charge in [0.25, 0.3) is 0 Å². The fourth-order valence-electron chi connectivity index (χ4n) is 2.77. The molecular weight excluding hydrogens is 274 g/mol. The number of hydrogen-bond donors (Lipinski definition) is 1. The van der Waals surface area contributed by atoms with Gasteiger partial charge in [0.2, 0.25) is 0 Å². The Kier molecular flexibility index (Phi) is 2.54. The maximum absolute atomic E-state index is 8.99. The molecule has 5 nitrogen and oxygen atoms in total. The van der Waals surface area contributed by atoms with Gasteiger partial charge in [-0.05, 0) is 42.8 Å². The molecule has 0 aliphatic carbocycles. The Labute approximate surface area is 126 Å². The number of imidazole rings is 1. The van der Waals surface area contributed by atoms with Crippen LogP contribution in [-0.4, -0.2) is 19.7 Å². The Morgan fingerprint density at radius 1 is 1.18 bits per heavy atom. The molecular formula is C17H13N5. The highest BCUT2D eigenvalue weighted by atomic mass is 15.2. The number of rotatable bonds is 1. The molecule has 0 spiro atoms. The number of fused-ring (bicyclic) bond motifs is 2. The first-order valence-corrected chi connectivity index (χ1v) is 6.99. The van der Waals surface area contributed by atoms with Crippen molar-refractivity contribution in [2.45, 2.75) is 6.92 Å². The number of aryl methyl sites for hydroxylation is 2. The largest absolute Gasteiger partial charge is 0.326 e. The number of nitrogens with one attached hydrogen (secondary N) is 1. The molecule has 0 aliphatic heterocycles. The van der Waals surface area contributed by atoms with E-state index in [1.807, 2.05) is 19.2 Å². The molecule has 0 radical (unpaired) electrons. The average molecular weight is 287 g/mol. The molecule has 2 heterocycles. The van der Waals surface area contributed by atoms with Crippen LogP contribution in [0.25, 0.3) is 33.5 Å². The number of nitrogens with zero attached hydrogens (tertiary/aromatic N) is 4. The molecule has 4 rings (SSSR count). The molecule has 0 amide bonds. The molecule has 0 atom stereocenters. The minimum Gasteiger partial charge on any atom is -0.326 e. The van der Waals surface area contributed by atoms with Crippen molar-refractivity contribution in [2.24, 2.45) is 7.05 Å². The minimum absolute atomic E-state index is 0.614. The van der Waals surface area contributed by atoms with Crippen LogP contribution in [0.2, 0.25) is 0 Å². The number of H-pyrrole nitrogens is 1. The van der Waals surface area contributed by atoms with E-state index in [0.29, 0.717) is 5.56 Å². The van der Waals surface area contributed by atoms with Gasteiger partial charge < -0.3 is 4.57 Å². The van der Waals surface area contributed by atoms with Crippen LogP contribution in [0, 0.1) is 18.3 Å². The summed E-state index contributed by atoms with van der Waals surface area (Å²) in [4.78, 5) is 4.70. The molecule has 0 fully saturated rings. The van der Waals surface area contributed by atoms with Crippen molar-refractivity contribution in [3.05, 3.63) is 47.5 Å². The lowest BCUT2D eigenvalue weighted by Crippen LogP contribution is -1.93. The summed E-state index contributed by atoms with van der Waals surface area (Å²) >= 11 is 0. The van der Waals surface area contributed by atoms with Gasteiger partial charge in [-0.1, -0.05) is 6.07 Å². The zero-order valence-corrected chi connectivity index (χ0v) is 12.3. The van der Waals surface area contributed by atoms with Crippen LogP contribution in [0.15, 0.2) is 36.4 Å². The molecule has 0 saturated carbocycles. The van der Waals surface area contributed by atoms with Crippen molar-refractivity contribution in [3.8, 4) is 17.6 Å². The molecule has 0 unspecified atom stereocenters. The monoisotopic (exact) mass is 287 g/mol. The summed E-state index contributed by atoms with van der Waals surface area (Å²) in [6.45, 7) is 2.07. The van der Waals surface area contributed by atoms with Crippen molar-refractivity contribution < 1.29 is 0 Å². The lowest BCUT2D eigenvalue weighted by atomic mass is 10.1. The molecule has 0 aliphatic rings. The van der Waals surface area contributed by atoms with Crippen molar-refractivity contribution in [1.29, 1.82) is 5.26 Å². The molecule has 0 saturated heterocycles. The van der Waals surface area contributed by atoms with Gasteiger partial charge in [0.1, 0.15) is 5.69 Å². The van der Waals surface area contributed by atoms with Gasteiger partial charge in [0, 0.05) is 12.4 Å². The predicted octanol–water partition coefficient (Wildman–Crippen LogP) is 3.30. The van der Waals surface area contributed by atoms with Gasteiger partial charge in [-0.2, -0.15) is 10.4 Å². The van der Waals surface area contributed by atoms with Crippen molar-refractivity contribution >= 4 is 21.9 Å². The van der Waals surface area contributed by atoms with E-state index in [1.165, 1.54) is 5.56 Å². The van der Waals surface area contributed by atoms with Crippen LogP contribution < -0.4 is 0 Å². The topological polar surface area (TPSA) is 70.3 Å². The number of aromatic amines is 1. The minimum atomic E-state index is 0.614. The van der Waals surface area contributed by atoms with Gasteiger partial charge in [-0.25, -0.2) is 4.98 Å². The lowest BCUT2D eigenvalue weighted by Gasteiger charge is -2.00. The van der Waals surface area contributed by atoms with Crippen LogP contribution in [0.5, 0.6) is 0 Å². The molecule has 2 aromatic carbocycles. The molecule has 22 heavy (non-hydrogen) atoms. The van der Waals surface area contributed by atoms with Crippen LogP contribution in [-0.2, 0) is 7.05 Å². The summed E-state index contributed by atoms with van der Waals surface area (Å²) in [5, 5.41) is 17.3. The highest BCUT2D eigenvalue weighted by Crippen LogP contribution is 2.28. The van der Waals surface area contributed by atoms with E-state index >= 15 is 0 Å². The summed E-state index contributed by atoms with van der Waals surface area (Å²) in [5.41, 5.74) is 5.50.